The van der Waals surface area contributed by atoms with E-state index in [1.54, 1.807) is 0 Å². The number of nitrogens with one attached hydrogen (secondary N) is 1. The van der Waals surface area contributed by atoms with Crippen molar-refractivity contribution < 1.29 is 5.11 Å². The van der Waals surface area contributed by atoms with E-state index in [1.807, 2.05) is 0 Å². The van der Waals surface area contributed by atoms with Crippen LogP contribution in [0.4, 0.5) is 0 Å². The molecule has 0 aromatic heterocycles. The van der Waals surface area contributed by atoms with Gasteiger partial charge in [0.15, 0.2) is 0 Å². The monoisotopic (exact) mass is 280 g/mol. The van der Waals surface area contributed by atoms with Gasteiger partial charge in [-0.2, -0.15) is 0 Å². The third kappa shape index (κ3) is 3.55. The van der Waals surface area contributed by atoms with Crippen LogP contribution in [0.15, 0.2) is 0 Å². The van der Waals surface area contributed by atoms with Gasteiger partial charge in [-0.1, -0.05) is 25.7 Å². The fourth-order valence-electron chi connectivity index (χ4n) is 4.06. The molecule has 2 N–H and O–H groups in total. The SMILES string of the molecule is CN(CC(CO)(NC1CC1)C1CC1)C1CCCCCC1. The predicted octanol–water partition coefficient (Wildman–Crippen LogP) is 2.53. The highest BCUT2D eigenvalue weighted by Crippen LogP contribution is 2.42. The molecule has 3 aliphatic carbocycles. The van der Waals surface area contributed by atoms with Crippen molar-refractivity contribution in [3.63, 3.8) is 0 Å². The van der Waals surface area contributed by atoms with Crippen LogP contribution in [0.3, 0.4) is 0 Å². The van der Waals surface area contributed by atoms with Crippen LogP contribution in [-0.2, 0) is 0 Å². The van der Waals surface area contributed by atoms with E-state index >= 15 is 0 Å². The summed E-state index contributed by atoms with van der Waals surface area (Å²) in [4.78, 5) is 2.56. The maximum Gasteiger partial charge on any atom is 0.0628 e. The lowest BCUT2D eigenvalue weighted by atomic mass is 9.91. The van der Waals surface area contributed by atoms with Crippen LogP contribution in [-0.4, -0.2) is 47.8 Å². The van der Waals surface area contributed by atoms with E-state index in [9.17, 15) is 5.11 Å². The molecule has 3 heteroatoms. The molecule has 0 radical (unpaired) electrons. The Hall–Kier alpha value is -0.120. The molecule has 0 heterocycles. The molecule has 0 saturated heterocycles. The first kappa shape index (κ1) is 14.8. The molecule has 1 atom stereocenters. The third-order valence-electron chi connectivity index (χ3n) is 5.69. The first-order chi connectivity index (χ1) is 9.73. The summed E-state index contributed by atoms with van der Waals surface area (Å²) in [6.07, 6.45) is 13.5. The van der Waals surface area contributed by atoms with Crippen LogP contribution in [0.2, 0.25) is 0 Å². The number of aliphatic hydroxyl groups excluding tert-OH is 1. The Balaban J connectivity index is 1.61. The average Bonchev–Trinajstić information content (AvgIpc) is 3.32. The van der Waals surface area contributed by atoms with Gasteiger partial charge >= 0.3 is 0 Å². The maximum atomic E-state index is 10.1. The summed E-state index contributed by atoms with van der Waals surface area (Å²) in [7, 11) is 2.29. The summed E-state index contributed by atoms with van der Waals surface area (Å²) in [6, 6.07) is 1.42. The second kappa shape index (κ2) is 6.33. The molecule has 116 valence electrons. The van der Waals surface area contributed by atoms with Crippen molar-refractivity contribution in [3.05, 3.63) is 0 Å². The molecule has 20 heavy (non-hydrogen) atoms. The fraction of sp³-hybridized carbons (Fsp3) is 1.00. The molecule has 0 bridgehead atoms. The van der Waals surface area contributed by atoms with Gasteiger partial charge in [0.2, 0.25) is 0 Å². The van der Waals surface area contributed by atoms with Crippen molar-refractivity contribution in [2.24, 2.45) is 5.92 Å². The fourth-order valence-corrected chi connectivity index (χ4v) is 4.06. The normalized spacial score (nSPS) is 28.4. The zero-order valence-corrected chi connectivity index (χ0v) is 13.1. The van der Waals surface area contributed by atoms with Gasteiger partial charge in [-0.05, 0) is 51.5 Å². The van der Waals surface area contributed by atoms with E-state index in [4.69, 9.17) is 0 Å². The van der Waals surface area contributed by atoms with E-state index in [-0.39, 0.29) is 5.54 Å². The smallest absolute Gasteiger partial charge is 0.0628 e. The molecule has 0 amide bonds. The van der Waals surface area contributed by atoms with Gasteiger partial charge in [-0.3, -0.25) is 0 Å². The number of hydrogen-bond acceptors (Lipinski definition) is 3. The van der Waals surface area contributed by atoms with Gasteiger partial charge in [0.05, 0.1) is 12.1 Å². The topological polar surface area (TPSA) is 35.5 Å². The molecule has 3 saturated carbocycles. The molecule has 3 rings (SSSR count). The van der Waals surface area contributed by atoms with Crippen molar-refractivity contribution in [2.75, 3.05) is 20.2 Å². The van der Waals surface area contributed by atoms with Gasteiger partial charge < -0.3 is 15.3 Å². The van der Waals surface area contributed by atoms with Crippen molar-refractivity contribution >= 4 is 0 Å². The quantitative estimate of drug-likeness (QED) is 0.704. The lowest BCUT2D eigenvalue weighted by molar-refractivity contribution is 0.0782. The third-order valence-corrected chi connectivity index (χ3v) is 5.69. The summed E-state index contributed by atoms with van der Waals surface area (Å²) in [5, 5.41) is 13.9. The highest BCUT2D eigenvalue weighted by molar-refractivity contribution is 5.06. The second-order valence-electron chi connectivity index (χ2n) is 7.57. The van der Waals surface area contributed by atoms with Gasteiger partial charge in [-0.15, -0.1) is 0 Å². The van der Waals surface area contributed by atoms with Gasteiger partial charge in [0.25, 0.3) is 0 Å². The highest BCUT2D eigenvalue weighted by atomic mass is 16.3. The zero-order valence-electron chi connectivity index (χ0n) is 13.1. The van der Waals surface area contributed by atoms with E-state index in [0.717, 1.165) is 12.6 Å². The molecule has 0 aromatic carbocycles. The highest BCUT2D eigenvalue weighted by Gasteiger charge is 2.48. The number of hydrogen-bond donors (Lipinski definition) is 2. The molecular weight excluding hydrogens is 248 g/mol. The molecule has 0 aliphatic heterocycles. The van der Waals surface area contributed by atoms with Crippen LogP contribution in [0.5, 0.6) is 0 Å². The Bertz CT molecular complexity index is 306. The lowest BCUT2D eigenvalue weighted by Crippen LogP contribution is -2.59. The Morgan fingerprint density at radius 3 is 2.15 bits per heavy atom. The molecule has 3 nitrogen and oxygen atoms in total. The molecule has 1 unspecified atom stereocenters. The Labute approximate surface area is 124 Å². The summed E-state index contributed by atoms with van der Waals surface area (Å²) in [6.45, 7) is 1.35. The molecular formula is C17H32N2O. The summed E-state index contributed by atoms with van der Waals surface area (Å²) in [5.41, 5.74) is -0.0117. The number of likely N-dealkylation sites (N-methyl/N-ethyl adjacent to an activating group) is 1. The van der Waals surface area contributed by atoms with Crippen molar-refractivity contribution in [2.45, 2.75) is 81.8 Å². The van der Waals surface area contributed by atoms with E-state index in [1.165, 1.54) is 64.2 Å². The Morgan fingerprint density at radius 1 is 1.00 bits per heavy atom. The van der Waals surface area contributed by atoms with E-state index in [0.29, 0.717) is 18.6 Å². The lowest BCUT2D eigenvalue weighted by Gasteiger charge is -2.40. The average molecular weight is 280 g/mol. The van der Waals surface area contributed by atoms with Gasteiger partial charge in [0, 0.05) is 18.6 Å². The molecule has 3 fully saturated rings. The van der Waals surface area contributed by atoms with E-state index < -0.39 is 0 Å². The standard InChI is InChI=1S/C17H32N2O/c1-19(16-6-4-2-3-5-7-16)12-17(13-20,14-8-9-14)18-15-10-11-15/h14-16,18,20H,2-13H2,1H3. The van der Waals surface area contributed by atoms with Crippen LogP contribution < -0.4 is 5.32 Å². The first-order valence-corrected chi connectivity index (χ1v) is 8.82. The minimum Gasteiger partial charge on any atom is -0.394 e. The predicted molar refractivity (Wildman–Crippen MR) is 82.8 cm³/mol. The molecule has 3 aliphatic rings. The van der Waals surface area contributed by atoms with Crippen LogP contribution >= 0.6 is 0 Å². The van der Waals surface area contributed by atoms with Crippen LogP contribution in [0, 0.1) is 5.92 Å². The Morgan fingerprint density at radius 2 is 1.65 bits per heavy atom. The zero-order chi connectivity index (χ0) is 14.0. The summed E-state index contributed by atoms with van der Waals surface area (Å²) in [5.74, 6) is 0.710. The summed E-state index contributed by atoms with van der Waals surface area (Å²) >= 11 is 0. The van der Waals surface area contributed by atoms with Crippen molar-refractivity contribution in [3.8, 4) is 0 Å². The van der Waals surface area contributed by atoms with Gasteiger partial charge in [0.1, 0.15) is 0 Å². The van der Waals surface area contributed by atoms with E-state index in [2.05, 4.69) is 17.3 Å². The number of nitrogens with zero attached hydrogens (tertiary/aromatic N) is 1. The van der Waals surface area contributed by atoms with Crippen molar-refractivity contribution in [1.82, 2.24) is 10.2 Å². The summed E-state index contributed by atoms with van der Waals surface area (Å²) < 4.78 is 0. The minimum absolute atomic E-state index is 0.0117. The van der Waals surface area contributed by atoms with Gasteiger partial charge in [-0.25, -0.2) is 0 Å². The number of aliphatic hydroxyl groups is 1. The van der Waals surface area contributed by atoms with Crippen LogP contribution in [0.25, 0.3) is 0 Å². The van der Waals surface area contributed by atoms with Crippen LogP contribution in [0.1, 0.15) is 64.2 Å². The second-order valence-corrected chi connectivity index (χ2v) is 7.57. The maximum absolute atomic E-state index is 10.1. The first-order valence-electron chi connectivity index (χ1n) is 8.82. The van der Waals surface area contributed by atoms with Crippen molar-refractivity contribution in [1.29, 1.82) is 0 Å². The Kier molecular flexibility index (Phi) is 4.68. The number of rotatable bonds is 7. The minimum atomic E-state index is -0.0117. The molecule has 0 spiro atoms. The largest absolute Gasteiger partial charge is 0.394 e. The molecule has 0 aromatic rings.